The fraction of sp³-hybridized carbons (Fsp3) is 0.300. The third-order valence-electron chi connectivity index (χ3n) is 2.33. The number of rotatable bonds is 2. The first-order valence-corrected chi connectivity index (χ1v) is 4.59. The van der Waals surface area contributed by atoms with Gasteiger partial charge in [0.15, 0.2) is 0 Å². The quantitative estimate of drug-likeness (QED) is 0.761. The number of amides is 1. The number of hydrogen-bond acceptors (Lipinski definition) is 2. The van der Waals surface area contributed by atoms with Gasteiger partial charge < -0.3 is 11.1 Å². The molecule has 1 aromatic carbocycles. The molecule has 1 aliphatic rings. The largest absolute Gasteiger partial charge is 0.348 e. The van der Waals surface area contributed by atoms with Crippen LogP contribution in [0.4, 0.5) is 8.78 Å². The molecule has 1 amide bonds. The number of benzene rings is 1. The van der Waals surface area contributed by atoms with Crippen molar-refractivity contribution in [2.45, 2.75) is 18.5 Å². The van der Waals surface area contributed by atoms with Crippen LogP contribution in [0.5, 0.6) is 0 Å². The maximum atomic E-state index is 13.1. The molecule has 0 aliphatic heterocycles. The van der Waals surface area contributed by atoms with Gasteiger partial charge in [0, 0.05) is 18.2 Å². The van der Waals surface area contributed by atoms with Gasteiger partial charge in [0.05, 0.1) is 5.56 Å². The number of carbonyl (C=O) groups is 1. The maximum absolute atomic E-state index is 13.1. The Morgan fingerprint density at radius 2 is 2.13 bits per heavy atom. The molecule has 2 atom stereocenters. The van der Waals surface area contributed by atoms with Crippen molar-refractivity contribution < 1.29 is 13.6 Å². The highest BCUT2D eigenvalue weighted by atomic mass is 19.1. The van der Waals surface area contributed by atoms with E-state index in [0.717, 1.165) is 12.1 Å². The number of nitrogens with two attached hydrogens (primary N) is 1. The van der Waals surface area contributed by atoms with E-state index in [1.54, 1.807) is 0 Å². The molecule has 0 aromatic heterocycles. The van der Waals surface area contributed by atoms with E-state index in [-0.39, 0.29) is 17.6 Å². The minimum atomic E-state index is -0.860. The molecular weight excluding hydrogens is 202 g/mol. The molecule has 1 aromatic rings. The summed E-state index contributed by atoms with van der Waals surface area (Å²) >= 11 is 0. The van der Waals surface area contributed by atoms with E-state index in [1.165, 1.54) is 0 Å². The van der Waals surface area contributed by atoms with Crippen LogP contribution >= 0.6 is 0 Å². The van der Waals surface area contributed by atoms with E-state index in [1.807, 2.05) is 0 Å². The smallest absolute Gasteiger partial charge is 0.254 e. The molecule has 15 heavy (non-hydrogen) atoms. The molecule has 0 heterocycles. The Labute approximate surface area is 85.3 Å². The standard InChI is InChI=1S/C10H10F2N2O/c11-5-1-2-6(7(12)3-5)10(15)14-9-4-8(9)13/h1-3,8-9H,4,13H2,(H,14,15). The van der Waals surface area contributed by atoms with Crippen molar-refractivity contribution >= 4 is 5.91 Å². The zero-order chi connectivity index (χ0) is 11.0. The molecular formula is C10H10F2N2O. The third-order valence-corrected chi connectivity index (χ3v) is 2.33. The highest BCUT2D eigenvalue weighted by molar-refractivity contribution is 5.94. The molecule has 5 heteroatoms. The summed E-state index contributed by atoms with van der Waals surface area (Å²) in [6, 6.07) is 2.72. The van der Waals surface area contributed by atoms with Gasteiger partial charge in [-0.1, -0.05) is 0 Å². The van der Waals surface area contributed by atoms with Crippen LogP contribution in [-0.4, -0.2) is 18.0 Å². The zero-order valence-electron chi connectivity index (χ0n) is 7.84. The molecule has 1 aliphatic carbocycles. The topological polar surface area (TPSA) is 55.1 Å². The second-order valence-electron chi connectivity index (χ2n) is 3.60. The average Bonchev–Trinajstić information content (AvgIpc) is 2.81. The molecule has 2 unspecified atom stereocenters. The van der Waals surface area contributed by atoms with Crippen LogP contribution in [0.2, 0.25) is 0 Å². The van der Waals surface area contributed by atoms with Crippen LogP contribution in [0.1, 0.15) is 16.8 Å². The van der Waals surface area contributed by atoms with Crippen LogP contribution in [0.25, 0.3) is 0 Å². The Hall–Kier alpha value is -1.49. The lowest BCUT2D eigenvalue weighted by molar-refractivity contribution is 0.0946. The molecule has 2 rings (SSSR count). The van der Waals surface area contributed by atoms with E-state index < -0.39 is 17.5 Å². The minimum absolute atomic E-state index is 0.0440. The van der Waals surface area contributed by atoms with Crippen molar-refractivity contribution in [3.63, 3.8) is 0 Å². The van der Waals surface area contributed by atoms with E-state index in [4.69, 9.17) is 5.73 Å². The maximum Gasteiger partial charge on any atom is 0.254 e. The summed E-state index contributed by atoms with van der Waals surface area (Å²) in [5, 5.41) is 2.55. The van der Waals surface area contributed by atoms with Crippen molar-refractivity contribution in [1.29, 1.82) is 0 Å². The average molecular weight is 212 g/mol. The molecule has 0 spiro atoms. The van der Waals surface area contributed by atoms with Gasteiger partial charge in [0.25, 0.3) is 5.91 Å². The first kappa shape index (κ1) is 10.0. The van der Waals surface area contributed by atoms with Crippen molar-refractivity contribution in [3.05, 3.63) is 35.4 Å². The summed E-state index contributed by atoms with van der Waals surface area (Å²) in [4.78, 5) is 11.4. The number of carbonyl (C=O) groups excluding carboxylic acids is 1. The zero-order valence-corrected chi connectivity index (χ0v) is 7.84. The molecule has 3 nitrogen and oxygen atoms in total. The second-order valence-corrected chi connectivity index (χ2v) is 3.60. The fourth-order valence-corrected chi connectivity index (χ4v) is 1.30. The van der Waals surface area contributed by atoms with E-state index >= 15 is 0 Å². The lowest BCUT2D eigenvalue weighted by Gasteiger charge is -2.04. The van der Waals surface area contributed by atoms with Gasteiger partial charge in [-0.25, -0.2) is 8.78 Å². The summed E-state index contributed by atoms with van der Waals surface area (Å²) in [6.07, 6.45) is 0.703. The Kier molecular flexibility index (Phi) is 2.40. The van der Waals surface area contributed by atoms with Gasteiger partial charge in [-0.3, -0.25) is 4.79 Å². The Balaban J connectivity index is 2.11. The van der Waals surface area contributed by atoms with Gasteiger partial charge in [-0.05, 0) is 18.6 Å². The molecule has 0 radical (unpaired) electrons. The van der Waals surface area contributed by atoms with E-state index in [2.05, 4.69) is 5.32 Å². The summed E-state index contributed by atoms with van der Waals surface area (Å²) in [6.45, 7) is 0. The number of halogens is 2. The summed E-state index contributed by atoms with van der Waals surface area (Å²) in [5.74, 6) is -2.11. The van der Waals surface area contributed by atoms with Crippen molar-refractivity contribution in [3.8, 4) is 0 Å². The molecule has 0 saturated heterocycles. The highest BCUT2D eigenvalue weighted by Crippen LogP contribution is 2.19. The lowest BCUT2D eigenvalue weighted by Crippen LogP contribution is -2.30. The highest BCUT2D eigenvalue weighted by Gasteiger charge is 2.35. The lowest BCUT2D eigenvalue weighted by atomic mass is 10.2. The Morgan fingerprint density at radius 3 is 2.67 bits per heavy atom. The molecule has 0 bridgehead atoms. The summed E-state index contributed by atoms with van der Waals surface area (Å²) < 4.78 is 25.7. The SMILES string of the molecule is NC1CC1NC(=O)c1ccc(F)cc1F. The number of hydrogen-bond donors (Lipinski definition) is 2. The molecule has 3 N–H and O–H groups in total. The summed E-state index contributed by atoms with van der Waals surface area (Å²) in [7, 11) is 0. The Bertz CT molecular complexity index is 408. The van der Waals surface area contributed by atoms with Crippen LogP contribution < -0.4 is 11.1 Å². The van der Waals surface area contributed by atoms with Crippen molar-refractivity contribution in [1.82, 2.24) is 5.32 Å². The fourth-order valence-electron chi connectivity index (χ4n) is 1.30. The Morgan fingerprint density at radius 1 is 1.47 bits per heavy atom. The summed E-state index contributed by atoms with van der Waals surface area (Å²) in [5.41, 5.74) is 5.33. The van der Waals surface area contributed by atoms with Crippen LogP contribution in [0, 0.1) is 11.6 Å². The van der Waals surface area contributed by atoms with Crippen molar-refractivity contribution in [2.24, 2.45) is 5.73 Å². The first-order chi connectivity index (χ1) is 7.08. The van der Waals surface area contributed by atoms with Gasteiger partial charge in [-0.2, -0.15) is 0 Å². The van der Waals surface area contributed by atoms with Crippen LogP contribution in [0.3, 0.4) is 0 Å². The van der Waals surface area contributed by atoms with Crippen LogP contribution in [-0.2, 0) is 0 Å². The predicted octanol–water partition coefficient (Wildman–Crippen LogP) is 0.794. The third kappa shape index (κ3) is 2.12. The molecule has 80 valence electrons. The first-order valence-electron chi connectivity index (χ1n) is 4.59. The van der Waals surface area contributed by atoms with E-state index in [9.17, 15) is 13.6 Å². The monoisotopic (exact) mass is 212 g/mol. The van der Waals surface area contributed by atoms with E-state index in [0.29, 0.717) is 12.5 Å². The van der Waals surface area contributed by atoms with Crippen LogP contribution in [0.15, 0.2) is 18.2 Å². The van der Waals surface area contributed by atoms with Gasteiger partial charge in [-0.15, -0.1) is 0 Å². The predicted molar refractivity (Wildman–Crippen MR) is 50.2 cm³/mol. The molecule has 1 fully saturated rings. The van der Waals surface area contributed by atoms with Crippen molar-refractivity contribution in [2.75, 3.05) is 0 Å². The minimum Gasteiger partial charge on any atom is -0.348 e. The normalized spacial score (nSPS) is 23.7. The van der Waals surface area contributed by atoms with Gasteiger partial charge in [0.1, 0.15) is 11.6 Å². The number of nitrogens with one attached hydrogen (secondary N) is 1. The molecule has 1 saturated carbocycles. The van der Waals surface area contributed by atoms with Gasteiger partial charge >= 0.3 is 0 Å². The second kappa shape index (κ2) is 3.58. The van der Waals surface area contributed by atoms with Gasteiger partial charge in [0.2, 0.25) is 0 Å².